The Hall–Kier alpha value is -2.38. The SMILES string of the molecule is O=C(O)c1ccsc1-c1ccc(NCCCNC[C@@H](O)c2cccc(Cl)c2)cc1. The van der Waals surface area contributed by atoms with Crippen LogP contribution in [-0.2, 0) is 0 Å². The number of rotatable bonds is 10. The number of hydrogen-bond donors (Lipinski definition) is 4. The number of carboxylic acid groups (broad SMARTS) is 1. The lowest BCUT2D eigenvalue weighted by molar-refractivity contribution is 0.0698. The van der Waals surface area contributed by atoms with Crippen LogP contribution in [0.5, 0.6) is 0 Å². The molecule has 0 amide bonds. The Labute approximate surface area is 179 Å². The maximum atomic E-state index is 11.3. The van der Waals surface area contributed by atoms with Crippen molar-refractivity contribution in [3.63, 3.8) is 0 Å². The van der Waals surface area contributed by atoms with Gasteiger partial charge in [0, 0.05) is 28.7 Å². The second-order valence-corrected chi connectivity index (χ2v) is 7.95. The van der Waals surface area contributed by atoms with E-state index in [0.29, 0.717) is 17.1 Å². The van der Waals surface area contributed by atoms with Crippen LogP contribution in [0, 0.1) is 0 Å². The zero-order chi connectivity index (χ0) is 20.6. The van der Waals surface area contributed by atoms with E-state index >= 15 is 0 Å². The Bertz CT molecular complexity index is 943. The predicted octanol–water partition coefficient (Wildman–Crippen LogP) is 4.89. The van der Waals surface area contributed by atoms with Crippen molar-refractivity contribution in [2.24, 2.45) is 0 Å². The summed E-state index contributed by atoms with van der Waals surface area (Å²) in [5.74, 6) is -0.906. The van der Waals surface area contributed by atoms with Gasteiger partial charge in [-0.05, 0) is 59.8 Å². The first-order chi connectivity index (χ1) is 14.0. The van der Waals surface area contributed by atoms with Crippen molar-refractivity contribution in [3.8, 4) is 10.4 Å². The first-order valence-corrected chi connectivity index (χ1v) is 10.6. The lowest BCUT2D eigenvalue weighted by Gasteiger charge is -2.13. The lowest BCUT2D eigenvalue weighted by Crippen LogP contribution is -2.24. The minimum atomic E-state index is -0.906. The number of hydrogen-bond acceptors (Lipinski definition) is 5. The van der Waals surface area contributed by atoms with E-state index in [0.717, 1.165) is 41.2 Å². The number of carbonyl (C=O) groups is 1. The quantitative estimate of drug-likeness (QED) is 0.344. The van der Waals surface area contributed by atoms with Crippen molar-refractivity contribution < 1.29 is 15.0 Å². The molecule has 2 aromatic carbocycles. The summed E-state index contributed by atoms with van der Waals surface area (Å²) in [5, 5.41) is 28.4. The number of carboxylic acids is 1. The predicted molar refractivity (Wildman–Crippen MR) is 119 cm³/mol. The molecule has 7 heteroatoms. The molecule has 1 heterocycles. The van der Waals surface area contributed by atoms with Gasteiger partial charge >= 0.3 is 5.97 Å². The highest BCUT2D eigenvalue weighted by atomic mass is 35.5. The molecule has 3 aromatic rings. The minimum absolute atomic E-state index is 0.335. The molecular weight excluding hydrogens is 408 g/mol. The van der Waals surface area contributed by atoms with E-state index in [1.807, 2.05) is 36.4 Å². The standard InChI is InChI=1S/C22H23ClN2O3S/c23-17-4-1-3-16(13-17)20(26)14-24-10-2-11-25-18-7-5-15(6-8-18)21-19(22(27)28)9-12-29-21/h1,3-9,12-13,20,24-26H,2,10-11,14H2,(H,27,28)/t20-/m1/s1. The Morgan fingerprint density at radius 3 is 2.62 bits per heavy atom. The molecule has 5 nitrogen and oxygen atoms in total. The summed E-state index contributed by atoms with van der Waals surface area (Å²) in [4.78, 5) is 12.0. The molecule has 0 radical (unpaired) electrons. The van der Waals surface area contributed by atoms with Crippen molar-refractivity contribution >= 4 is 34.6 Å². The van der Waals surface area contributed by atoms with Gasteiger partial charge in [0.05, 0.1) is 11.7 Å². The van der Waals surface area contributed by atoms with E-state index in [1.54, 1.807) is 23.6 Å². The first kappa shape index (κ1) is 21.3. The van der Waals surface area contributed by atoms with Gasteiger partial charge in [0.25, 0.3) is 0 Å². The fraction of sp³-hybridized carbons (Fsp3) is 0.227. The van der Waals surface area contributed by atoms with Gasteiger partial charge in [0.15, 0.2) is 0 Å². The Balaban J connectivity index is 1.39. The van der Waals surface area contributed by atoms with E-state index < -0.39 is 12.1 Å². The van der Waals surface area contributed by atoms with Crippen LogP contribution in [0.3, 0.4) is 0 Å². The fourth-order valence-corrected chi connectivity index (χ4v) is 4.05. The van der Waals surface area contributed by atoms with Crippen molar-refractivity contribution in [3.05, 3.63) is 76.1 Å². The summed E-state index contributed by atoms with van der Waals surface area (Å²) in [7, 11) is 0. The number of anilines is 1. The van der Waals surface area contributed by atoms with Gasteiger partial charge in [0.1, 0.15) is 0 Å². The van der Waals surface area contributed by atoms with E-state index in [9.17, 15) is 15.0 Å². The van der Waals surface area contributed by atoms with Crippen LogP contribution in [0.1, 0.15) is 28.4 Å². The fourth-order valence-electron chi connectivity index (χ4n) is 2.96. The molecule has 0 saturated carbocycles. The van der Waals surface area contributed by atoms with Crippen LogP contribution in [0.15, 0.2) is 60.0 Å². The number of aliphatic hydroxyl groups is 1. The number of aromatic carboxylic acids is 1. The molecule has 152 valence electrons. The van der Waals surface area contributed by atoms with E-state index in [4.69, 9.17) is 11.6 Å². The minimum Gasteiger partial charge on any atom is -0.478 e. The average molecular weight is 431 g/mol. The van der Waals surface area contributed by atoms with Crippen LogP contribution < -0.4 is 10.6 Å². The second-order valence-electron chi connectivity index (χ2n) is 6.60. The molecule has 3 rings (SSSR count). The van der Waals surface area contributed by atoms with Crippen LogP contribution in [0.4, 0.5) is 5.69 Å². The third kappa shape index (κ3) is 6.05. The van der Waals surface area contributed by atoms with Crippen LogP contribution >= 0.6 is 22.9 Å². The van der Waals surface area contributed by atoms with Crippen molar-refractivity contribution in [1.82, 2.24) is 5.32 Å². The molecule has 0 unspecified atom stereocenters. The molecule has 0 fully saturated rings. The molecule has 1 aromatic heterocycles. The van der Waals surface area contributed by atoms with E-state index in [-0.39, 0.29) is 0 Å². The molecule has 0 spiro atoms. The van der Waals surface area contributed by atoms with E-state index in [2.05, 4.69) is 10.6 Å². The topological polar surface area (TPSA) is 81.6 Å². The van der Waals surface area contributed by atoms with Crippen LogP contribution in [-0.4, -0.2) is 35.8 Å². The summed E-state index contributed by atoms with van der Waals surface area (Å²) in [5.41, 5.74) is 3.03. The van der Waals surface area contributed by atoms with Gasteiger partial charge in [-0.1, -0.05) is 35.9 Å². The summed E-state index contributed by atoms with van der Waals surface area (Å²) in [6.45, 7) is 2.04. The van der Waals surface area contributed by atoms with Crippen LogP contribution in [0.2, 0.25) is 5.02 Å². The Morgan fingerprint density at radius 2 is 1.90 bits per heavy atom. The normalized spacial score (nSPS) is 11.9. The average Bonchev–Trinajstić information content (AvgIpc) is 3.21. The summed E-state index contributed by atoms with van der Waals surface area (Å²) >= 11 is 7.37. The molecule has 0 aliphatic heterocycles. The zero-order valence-corrected chi connectivity index (χ0v) is 17.3. The Kier molecular flexibility index (Phi) is 7.66. The zero-order valence-electron chi connectivity index (χ0n) is 15.8. The molecule has 1 atom stereocenters. The highest BCUT2D eigenvalue weighted by molar-refractivity contribution is 7.14. The van der Waals surface area contributed by atoms with Gasteiger partial charge in [-0.15, -0.1) is 11.3 Å². The van der Waals surface area contributed by atoms with E-state index in [1.165, 1.54) is 11.3 Å². The number of nitrogens with one attached hydrogen (secondary N) is 2. The summed E-state index contributed by atoms with van der Waals surface area (Å²) < 4.78 is 0. The number of aliphatic hydroxyl groups excluding tert-OH is 1. The highest BCUT2D eigenvalue weighted by Gasteiger charge is 2.12. The number of thiophene rings is 1. The summed E-state index contributed by atoms with van der Waals surface area (Å²) in [6.07, 6.45) is 0.320. The van der Waals surface area contributed by atoms with Crippen molar-refractivity contribution in [2.75, 3.05) is 25.0 Å². The maximum absolute atomic E-state index is 11.3. The molecule has 0 aliphatic carbocycles. The third-order valence-electron chi connectivity index (χ3n) is 4.47. The van der Waals surface area contributed by atoms with Crippen molar-refractivity contribution in [1.29, 1.82) is 0 Å². The largest absolute Gasteiger partial charge is 0.478 e. The van der Waals surface area contributed by atoms with Gasteiger partial charge in [-0.2, -0.15) is 0 Å². The lowest BCUT2D eigenvalue weighted by atomic mass is 10.1. The molecule has 0 aliphatic rings. The third-order valence-corrected chi connectivity index (χ3v) is 5.67. The van der Waals surface area contributed by atoms with Crippen LogP contribution in [0.25, 0.3) is 10.4 Å². The number of halogens is 1. The number of benzene rings is 2. The second kappa shape index (κ2) is 10.4. The molecular formula is C22H23ClN2O3S. The molecule has 4 N–H and O–H groups in total. The maximum Gasteiger partial charge on any atom is 0.337 e. The molecule has 29 heavy (non-hydrogen) atoms. The summed E-state index contributed by atoms with van der Waals surface area (Å²) in [6, 6.07) is 16.7. The molecule has 0 bridgehead atoms. The van der Waals surface area contributed by atoms with Gasteiger partial charge in [0.2, 0.25) is 0 Å². The van der Waals surface area contributed by atoms with Gasteiger partial charge < -0.3 is 20.8 Å². The Morgan fingerprint density at radius 1 is 1.10 bits per heavy atom. The highest BCUT2D eigenvalue weighted by Crippen LogP contribution is 2.30. The smallest absolute Gasteiger partial charge is 0.337 e. The first-order valence-electron chi connectivity index (χ1n) is 9.34. The van der Waals surface area contributed by atoms with Gasteiger partial charge in [-0.3, -0.25) is 0 Å². The van der Waals surface area contributed by atoms with Crippen molar-refractivity contribution in [2.45, 2.75) is 12.5 Å². The molecule has 0 saturated heterocycles. The monoisotopic (exact) mass is 430 g/mol. The van der Waals surface area contributed by atoms with Gasteiger partial charge in [-0.25, -0.2) is 4.79 Å².